The van der Waals surface area contributed by atoms with Crippen LogP contribution in [0.1, 0.15) is 32.5 Å². The first kappa shape index (κ1) is 12.1. The van der Waals surface area contributed by atoms with E-state index in [0.717, 1.165) is 25.1 Å². The average molecular weight is 224 g/mol. The molecule has 0 saturated heterocycles. The lowest BCUT2D eigenvalue weighted by molar-refractivity contribution is 0.246. The minimum Gasteiger partial charge on any atom is -0.251 e. The second kappa shape index (κ2) is 5.17. The molecule has 0 bridgehead atoms. The standard InChI is InChI=1S/C10H16N4S/c1-3-10(4-2,7-15)6-14-8-12-9(5-11)13-14/h8,15H,3-4,6-7H2,1-2H3. The summed E-state index contributed by atoms with van der Waals surface area (Å²) in [5.41, 5.74) is 0.156. The summed E-state index contributed by atoms with van der Waals surface area (Å²) in [5.74, 6) is 1.05. The van der Waals surface area contributed by atoms with Crippen LogP contribution in [0.15, 0.2) is 6.33 Å². The zero-order chi connectivity index (χ0) is 11.3. The highest BCUT2D eigenvalue weighted by Gasteiger charge is 2.25. The van der Waals surface area contributed by atoms with E-state index in [2.05, 4.69) is 36.6 Å². The van der Waals surface area contributed by atoms with E-state index < -0.39 is 0 Å². The van der Waals surface area contributed by atoms with Gasteiger partial charge in [0, 0.05) is 6.54 Å². The van der Waals surface area contributed by atoms with Crippen LogP contribution in [-0.2, 0) is 6.54 Å². The second-order valence-corrected chi connectivity index (χ2v) is 4.06. The van der Waals surface area contributed by atoms with E-state index >= 15 is 0 Å². The Morgan fingerprint density at radius 3 is 2.60 bits per heavy atom. The molecule has 1 aromatic heterocycles. The number of nitrogens with zero attached hydrogens (tertiary/aromatic N) is 4. The van der Waals surface area contributed by atoms with Crippen LogP contribution in [0.5, 0.6) is 0 Å². The molecule has 0 aliphatic carbocycles. The Balaban J connectivity index is 2.79. The molecule has 0 unspecified atom stereocenters. The number of hydrogen-bond donors (Lipinski definition) is 1. The topological polar surface area (TPSA) is 54.5 Å². The van der Waals surface area contributed by atoms with Crippen molar-refractivity contribution in [3.8, 4) is 6.07 Å². The van der Waals surface area contributed by atoms with Crippen molar-refractivity contribution in [3.63, 3.8) is 0 Å². The molecule has 0 aliphatic rings. The summed E-state index contributed by atoms with van der Waals surface area (Å²) in [6.07, 6.45) is 3.71. The third kappa shape index (κ3) is 2.72. The van der Waals surface area contributed by atoms with Gasteiger partial charge >= 0.3 is 0 Å². The Hall–Kier alpha value is -1.02. The summed E-state index contributed by atoms with van der Waals surface area (Å²) >= 11 is 4.39. The molecule has 0 aromatic carbocycles. The van der Waals surface area contributed by atoms with Crippen LogP contribution in [0.25, 0.3) is 0 Å². The van der Waals surface area contributed by atoms with Crippen molar-refractivity contribution in [1.82, 2.24) is 14.8 Å². The number of hydrogen-bond acceptors (Lipinski definition) is 4. The van der Waals surface area contributed by atoms with Gasteiger partial charge in [-0.1, -0.05) is 13.8 Å². The van der Waals surface area contributed by atoms with Crippen LogP contribution in [-0.4, -0.2) is 20.5 Å². The van der Waals surface area contributed by atoms with Gasteiger partial charge in [0.1, 0.15) is 12.4 Å². The van der Waals surface area contributed by atoms with Crippen LogP contribution in [0.3, 0.4) is 0 Å². The van der Waals surface area contributed by atoms with E-state index in [4.69, 9.17) is 5.26 Å². The Labute approximate surface area is 95.7 Å². The first-order chi connectivity index (χ1) is 7.19. The lowest BCUT2D eigenvalue weighted by Gasteiger charge is -2.29. The Morgan fingerprint density at radius 1 is 1.53 bits per heavy atom. The molecule has 0 saturated carbocycles. The summed E-state index contributed by atoms with van der Waals surface area (Å²) in [6.45, 7) is 5.09. The lowest BCUT2D eigenvalue weighted by atomic mass is 9.84. The molecule has 0 aliphatic heterocycles. The van der Waals surface area contributed by atoms with Gasteiger partial charge in [-0.25, -0.2) is 4.98 Å². The molecule has 1 heterocycles. The van der Waals surface area contributed by atoms with E-state index in [-0.39, 0.29) is 11.2 Å². The van der Waals surface area contributed by atoms with Crippen LogP contribution < -0.4 is 0 Å². The maximum absolute atomic E-state index is 8.62. The maximum Gasteiger partial charge on any atom is 0.252 e. The molecule has 0 amide bonds. The molecule has 1 rings (SSSR count). The fourth-order valence-electron chi connectivity index (χ4n) is 1.51. The molecular weight excluding hydrogens is 208 g/mol. The predicted octanol–water partition coefficient (Wildman–Crippen LogP) is 1.89. The summed E-state index contributed by atoms with van der Waals surface area (Å²) in [4.78, 5) is 3.89. The first-order valence-electron chi connectivity index (χ1n) is 5.10. The highest BCUT2D eigenvalue weighted by atomic mass is 32.1. The third-order valence-corrected chi connectivity index (χ3v) is 3.64. The highest BCUT2D eigenvalue weighted by Crippen LogP contribution is 2.29. The zero-order valence-corrected chi connectivity index (χ0v) is 10.0. The van der Waals surface area contributed by atoms with Crippen molar-refractivity contribution in [3.05, 3.63) is 12.2 Å². The quantitative estimate of drug-likeness (QED) is 0.777. The molecule has 0 fully saturated rings. The number of nitriles is 1. The van der Waals surface area contributed by atoms with Gasteiger partial charge in [0.05, 0.1) is 0 Å². The fourth-order valence-corrected chi connectivity index (χ4v) is 2.06. The van der Waals surface area contributed by atoms with Gasteiger partial charge in [-0.2, -0.15) is 17.9 Å². The summed E-state index contributed by atoms with van der Waals surface area (Å²) in [5, 5.41) is 12.7. The number of rotatable bonds is 5. The molecular formula is C10H16N4S. The highest BCUT2D eigenvalue weighted by molar-refractivity contribution is 7.80. The van der Waals surface area contributed by atoms with Crippen LogP contribution in [0.4, 0.5) is 0 Å². The second-order valence-electron chi connectivity index (χ2n) is 3.74. The smallest absolute Gasteiger partial charge is 0.251 e. The van der Waals surface area contributed by atoms with Crippen molar-refractivity contribution in [1.29, 1.82) is 5.26 Å². The summed E-state index contributed by atoms with van der Waals surface area (Å²) < 4.78 is 1.74. The largest absolute Gasteiger partial charge is 0.252 e. The zero-order valence-electron chi connectivity index (χ0n) is 9.14. The van der Waals surface area contributed by atoms with Crippen LogP contribution in [0, 0.1) is 16.7 Å². The van der Waals surface area contributed by atoms with Crippen LogP contribution >= 0.6 is 12.6 Å². The Morgan fingerprint density at radius 2 is 2.20 bits per heavy atom. The summed E-state index contributed by atoms with van der Waals surface area (Å²) in [7, 11) is 0. The third-order valence-electron chi connectivity index (χ3n) is 2.97. The van der Waals surface area contributed by atoms with Gasteiger partial charge in [0.15, 0.2) is 0 Å². The van der Waals surface area contributed by atoms with Gasteiger partial charge in [-0.15, -0.1) is 5.10 Å². The van der Waals surface area contributed by atoms with Crippen molar-refractivity contribution in [2.24, 2.45) is 5.41 Å². The molecule has 0 N–H and O–H groups in total. The lowest BCUT2D eigenvalue weighted by Crippen LogP contribution is -2.27. The van der Waals surface area contributed by atoms with Crippen molar-refractivity contribution >= 4 is 12.6 Å². The molecule has 0 radical (unpaired) electrons. The molecule has 0 spiro atoms. The normalized spacial score (nSPS) is 11.3. The van der Waals surface area contributed by atoms with E-state index in [1.165, 1.54) is 0 Å². The van der Waals surface area contributed by atoms with E-state index in [1.54, 1.807) is 11.0 Å². The molecule has 0 atom stereocenters. The minimum absolute atomic E-state index is 0.156. The van der Waals surface area contributed by atoms with E-state index in [9.17, 15) is 0 Å². The molecule has 4 nitrogen and oxygen atoms in total. The Bertz CT molecular complexity index is 340. The summed E-state index contributed by atoms with van der Waals surface area (Å²) in [6, 6.07) is 1.93. The predicted molar refractivity (Wildman–Crippen MR) is 61.6 cm³/mol. The first-order valence-corrected chi connectivity index (χ1v) is 5.73. The minimum atomic E-state index is 0.156. The van der Waals surface area contributed by atoms with Crippen molar-refractivity contribution < 1.29 is 0 Å². The fraction of sp³-hybridized carbons (Fsp3) is 0.700. The Kier molecular flexibility index (Phi) is 4.15. The molecule has 82 valence electrons. The van der Waals surface area contributed by atoms with E-state index in [1.807, 2.05) is 6.07 Å². The van der Waals surface area contributed by atoms with Gasteiger partial charge in [0.25, 0.3) is 5.82 Å². The van der Waals surface area contributed by atoms with Gasteiger partial charge < -0.3 is 0 Å². The number of aromatic nitrogens is 3. The number of thiol groups is 1. The average Bonchev–Trinajstić information content (AvgIpc) is 2.73. The molecule has 5 heteroatoms. The monoisotopic (exact) mass is 224 g/mol. The van der Waals surface area contributed by atoms with Gasteiger partial charge in [0.2, 0.25) is 0 Å². The van der Waals surface area contributed by atoms with Gasteiger partial charge in [-0.3, -0.25) is 4.68 Å². The SMILES string of the molecule is CCC(CC)(CS)Cn1cnc(C#N)n1. The molecule has 15 heavy (non-hydrogen) atoms. The van der Waals surface area contributed by atoms with E-state index in [0.29, 0.717) is 0 Å². The van der Waals surface area contributed by atoms with Crippen molar-refractivity contribution in [2.75, 3.05) is 5.75 Å². The maximum atomic E-state index is 8.62. The van der Waals surface area contributed by atoms with Crippen molar-refractivity contribution in [2.45, 2.75) is 33.2 Å². The van der Waals surface area contributed by atoms with Gasteiger partial charge in [-0.05, 0) is 24.0 Å². The van der Waals surface area contributed by atoms with Crippen LogP contribution in [0.2, 0.25) is 0 Å². The molecule has 1 aromatic rings.